The molecule has 1 saturated carbocycles. The first-order chi connectivity index (χ1) is 25.5. The zero-order chi connectivity index (χ0) is 36.5. The Labute approximate surface area is 313 Å². The number of nitrogens with one attached hydrogen (secondary N) is 4. The number of carbonyl (C=O) groups is 2. The summed E-state index contributed by atoms with van der Waals surface area (Å²) in [5.41, 5.74) is 10.9. The van der Waals surface area contributed by atoms with Gasteiger partial charge in [0, 0.05) is 24.5 Å². The molecular formula is C39H52N6O6S2. The zero-order valence-electron chi connectivity index (χ0n) is 30.5. The highest BCUT2D eigenvalue weighted by molar-refractivity contribution is 7.91. The van der Waals surface area contributed by atoms with E-state index in [9.17, 15) is 26.4 Å². The maximum atomic E-state index is 13.7. The van der Waals surface area contributed by atoms with Gasteiger partial charge in [-0.2, -0.15) is 0 Å². The fourth-order valence-electron chi connectivity index (χ4n) is 10.4. The summed E-state index contributed by atoms with van der Waals surface area (Å²) in [7, 11) is -7.66. The molecule has 12 nitrogen and oxygen atoms in total. The van der Waals surface area contributed by atoms with E-state index >= 15 is 0 Å². The van der Waals surface area contributed by atoms with Crippen molar-refractivity contribution in [1.82, 2.24) is 19.2 Å². The van der Waals surface area contributed by atoms with Crippen molar-refractivity contribution in [3.63, 3.8) is 0 Å². The Morgan fingerprint density at radius 3 is 2.00 bits per heavy atom. The highest BCUT2D eigenvalue weighted by Gasteiger charge is 2.56. The molecule has 4 amide bonds. The van der Waals surface area contributed by atoms with Crippen molar-refractivity contribution < 1.29 is 26.4 Å². The molecule has 14 heteroatoms. The van der Waals surface area contributed by atoms with Crippen LogP contribution in [0.3, 0.4) is 0 Å². The molecule has 0 spiro atoms. The molecule has 0 aromatic heterocycles. The van der Waals surface area contributed by atoms with E-state index in [1.165, 1.54) is 22.3 Å². The number of benzene rings is 2. The molecule has 2 aromatic rings. The largest absolute Gasteiger partial charge is 0.332 e. The molecule has 0 bridgehead atoms. The molecule has 2 atom stereocenters. The fraction of sp³-hybridized carbons (Fsp3) is 0.641. The van der Waals surface area contributed by atoms with Gasteiger partial charge in [0.25, 0.3) is 0 Å². The number of rotatable bonds is 11. The van der Waals surface area contributed by atoms with Gasteiger partial charge in [-0.15, -0.1) is 0 Å². The lowest BCUT2D eigenvalue weighted by Crippen LogP contribution is -2.50. The Balaban J connectivity index is 0.972. The van der Waals surface area contributed by atoms with E-state index in [1.807, 2.05) is 0 Å². The minimum atomic E-state index is -3.86. The number of likely N-dealkylation sites (tertiary alicyclic amines) is 2. The quantitative estimate of drug-likeness (QED) is 0.258. The van der Waals surface area contributed by atoms with E-state index in [0.29, 0.717) is 25.9 Å². The number of aryl methyl sites for hydroxylation is 3. The molecule has 9 rings (SSSR count). The van der Waals surface area contributed by atoms with Crippen LogP contribution in [-0.4, -0.2) is 88.5 Å². The van der Waals surface area contributed by atoms with Gasteiger partial charge in [-0.25, -0.2) is 35.9 Å². The van der Waals surface area contributed by atoms with E-state index in [0.717, 1.165) is 143 Å². The van der Waals surface area contributed by atoms with Crippen molar-refractivity contribution >= 4 is 43.5 Å². The number of amides is 4. The third-order valence-electron chi connectivity index (χ3n) is 13.4. The number of hydrogen-bond acceptors (Lipinski definition) is 8. The van der Waals surface area contributed by atoms with Gasteiger partial charge >= 0.3 is 12.1 Å². The number of carbonyl (C=O) groups excluding carboxylic acids is 2. The molecule has 2 heterocycles. The average Bonchev–Trinajstić information content (AvgIpc) is 3.72. The summed E-state index contributed by atoms with van der Waals surface area (Å²) in [6, 6.07) is 3.27. The van der Waals surface area contributed by atoms with Crippen LogP contribution in [0.25, 0.3) is 0 Å². The Bertz CT molecular complexity index is 2070. The molecular weight excluding hydrogens is 713 g/mol. The predicted octanol–water partition coefficient (Wildman–Crippen LogP) is 4.66. The first-order valence-corrected chi connectivity index (χ1v) is 23.1. The first kappa shape index (κ1) is 35.5. The monoisotopic (exact) mass is 764 g/mol. The molecule has 5 aliphatic carbocycles. The molecule has 0 radical (unpaired) electrons. The first-order valence-electron chi connectivity index (χ1n) is 19.9. The summed E-state index contributed by atoms with van der Waals surface area (Å²) in [6.07, 6.45) is 13.4. The van der Waals surface area contributed by atoms with Crippen molar-refractivity contribution in [2.75, 3.05) is 55.7 Å². The van der Waals surface area contributed by atoms with Crippen LogP contribution >= 0.6 is 0 Å². The van der Waals surface area contributed by atoms with Gasteiger partial charge in [0.1, 0.15) is 4.75 Å². The second-order valence-corrected chi connectivity index (χ2v) is 20.6. The maximum Gasteiger partial charge on any atom is 0.332 e. The van der Waals surface area contributed by atoms with Crippen LogP contribution in [0, 0.1) is 0 Å². The van der Waals surface area contributed by atoms with Crippen LogP contribution in [-0.2, 0) is 58.6 Å². The summed E-state index contributed by atoms with van der Waals surface area (Å²) in [5, 5.41) is 6.14. The Morgan fingerprint density at radius 1 is 0.660 bits per heavy atom. The van der Waals surface area contributed by atoms with Crippen molar-refractivity contribution in [2.24, 2.45) is 0 Å². The molecule has 2 saturated heterocycles. The number of hydrogen-bond donors (Lipinski definition) is 4. The predicted molar refractivity (Wildman–Crippen MR) is 205 cm³/mol. The van der Waals surface area contributed by atoms with Gasteiger partial charge < -0.3 is 20.4 Å². The summed E-state index contributed by atoms with van der Waals surface area (Å²) < 4.78 is 56.8. The van der Waals surface area contributed by atoms with Crippen LogP contribution in [0.15, 0.2) is 12.1 Å². The molecule has 2 unspecified atom stereocenters. The van der Waals surface area contributed by atoms with Gasteiger partial charge in [0.05, 0.1) is 5.75 Å². The van der Waals surface area contributed by atoms with E-state index in [-0.39, 0.29) is 17.6 Å². The average molecular weight is 765 g/mol. The zero-order valence-corrected chi connectivity index (χ0v) is 32.2. The molecule has 4 N–H and O–H groups in total. The number of anilines is 2. The molecule has 286 valence electrons. The minimum absolute atomic E-state index is 0.113. The normalized spacial score (nSPS) is 24.2. The molecule has 3 fully saturated rings. The lowest BCUT2D eigenvalue weighted by atomic mass is 9.81. The van der Waals surface area contributed by atoms with Crippen molar-refractivity contribution in [2.45, 2.75) is 113 Å². The van der Waals surface area contributed by atoms with Crippen LogP contribution < -0.4 is 20.1 Å². The summed E-state index contributed by atoms with van der Waals surface area (Å²) >= 11 is 0. The number of urea groups is 2. The third-order valence-corrected chi connectivity index (χ3v) is 16.8. The molecule has 2 aliphatic heterocycles. The second-order valence-electron chi connectivity index (χ2n) is 16.7. The van der Waals surface area contributed by atoms with Crippen LogP contribution in [0.5, 0.6) is 0 Å². The van der Waals surface area contributed by atoms with E-state index in [2.05, 4.69) is 42.0 Å². The molecule has 53 heavy (non-hydrogen) atoms. The summed E-state index contributed by atoms with van der Waals surface area (Å²) in [6.45, 7) is 4.50. The lowest BCUT2D eigenvalue weighted by Gasteiger charge is -2.34. The van der Waals surface area contributed by atoms with Crippen molar-refractivity contribution in [1.29, 1.82) is 0 Å². The minimum Gasteiger partial charge on any atom is -0.307 e. The number of nitrogens with zero attached hydrogens (tertiary/aromatic N) is 2. The van der Waals surface area contributed by atoms with Crippen LogP contribution in [0.2, 0.25) is 0 Å². The third kappa shape index (κ3) is 6.65. The van der Waals surface area contributed by atoms with Crippen molar-refractivity contribution in [3.05, 3.63) is 56.6 Å². The summed E-state index contributed by atoms with van der Waals surface area (Å²) in [4.78, 5) is 31.3. The Morgan fingerprint density at radius 2 is 1.30 bits per heavy atom. The summed E-state index contributed by atoms with van der Waals surface area (Å²) in [5.74, 6) is 0.165. The van der Waals surface area contributed by atoms with Gasteiger partial charge in [-0.3, -0.25) is 0 Å². The fourth-order valence-corrected chi connectivity index (χ4v) is 12.9. The van der Waals surface area contributed by atoms with Gasteiger partial charge in [0.15, 0.2) is 0 Å². The second kappa shape index (κ2) is 13.5. The Hall–Kier alpha value is -3.20. The van der Waals surface area contributed by atoms with Gasteiger partial charge in [0.2, 0.25) is 20.0 Å². The SMILES string of the molecule is O=C(Nc1c2c(cc3c1CCC3C1CCc3cc4c(c(NC(=O)NS(=O)(=O)C5(CN6CCC6)CC5)c31)CCC4)CCC2)NS(=O)(=O)CCN1CCCC1. The van der Waals surface area contributed by atoms with Crippen molar-refractivity contribution in [3.8, 4) is 0 Å². The van der Waals surface area contributed by atoms with E-state index in [4.69, 9.17) is 0 Å². The van der Waals surface area contributed by atoms with Gasteiger partial charge in [-0.05, 0) is 179 Å². The molecule has 7 aliphatic rings. The van der Waals surface area contributed by atoms with E-state index in [1.54, 1.807) is 0 Å². The van der Waals surface area contributed by atoms with E-state index < -0.39 is 36.9 Å². The molecule has 2 aromatic carbocycles. The number of sulfonamides is 2. The standard InChI is InChI=1S/C39H52N6O6S2/c46-37(42-52(48,49)21-20-44-16-1-2-17-44)40-35-28-8-4-7-26(28)23-33-30(12-13-32(33)35)31-11-10-27-22-25-6-3-9-29(25)36(34(27)31)41-38(47)43-53(50,51)39(14-15-39)24-45-18-5-19-45/h22-23,30-31H,1-21,24H2,(H2,40,42,46)(H2,41,43,47). The highest BCUT2D eigenvalue weighted by atomic mass is 32.2. The Kier molecular flexibility index (Phi) is 9.06. The van der Waals surface area contributed by atoms with Crippen LogP contribution in [0.1, 0.15) is 114 Å². The maximum absolute atomic E-state index is 13.7. The lowest BCUT2D eigenvalue weighted by molar-refractivity contribution is 0.177. The van der Waals surface area contributed by atoms with Crippen LogP contribution in [0.4, 0.5) is 21.0 Å². The topological polar surface area (TPSA) is 157 Å². The van der Waals surface area contributed by atoms with Gasteiger partial charge in [-0.1, -0.05) is 12.1 Å². The number of fused-ring (bicyclic) bond motifs is 4. The highest BCUT2D eigenvalue weighted by Crippen LogP contribution is 2.55. The smallest absolute Gasteiger partial charge is 0.307 e.